The lowest BCUT2D eigenvalue weighted by molar-refractivity contribution is 0.405. The smallest absolute Gasteiger partial charge is 0.125 e. The minimum Gasteiger partial charge on any atom is -0.496 e. The van der Waals surface area contributed by atoms with E-state index in [-0.39, 0.29) is 6.04 Å². The van der Waals surface area contributed by atoms with Crippen LogP contribution < -0.4 is 10.1 Å². The van der Waals surface area contributed by atoms with Gasteiger partial charge >= 0.3 is 0 Å². The second kappa shape index (κ2) is 5.42. The summed E-state index contributed by atoms with van der Waals surface area (Å²) in [6.45, 7) is 0. The highest BCUT2D eigenvalue weighted by Crippen LogP contribution is 2.31. The van der Waals surface area contributed by atoms with Crippen LogP contribution in [0.1, 0.15) is 17.3 Å². The number of aryl methyl sites for hydroxylation is 1. The van der Waals surface area contributed by atoms with Crippen LogP contribution in [0.15, 0.2) is 30.5 Å². The van der Waals surface area contributed by atoms with Crippen molar-refractivity contribution in [3.8, 4) is 5.75 Å². The predicted molar refractivity (Wildman–Crippen MR) is 72.1 cm³/mol. The molecule has 5 heteroatoms. The van der Waals surface area contributed by atoms with Crippen molar-refractivity contribution in [1.29, 1.82) is 0 Å². The van der Waals surface area contributed by atoms with Gasteiger partial charge < -0.3 is 10.1 Å². The highest BCUT2D eigenvalue weighted by molar-refractivity contribution is 6.30. The van der Waals surface area contributed by atoms with E-state index in [9.17, 15) is 0 Å². The van der Waals surface area contributed by atoms with Gasteiger partial charge in [-0.2, -0.15) is 5.10 Å². The number of benzene rings is 1. The fourth-order valence-corrected chi connectivity index (χ4v) is 2.14. The maximum atomic E-state index is 5.97. The van der Waals surface area contributed by atoms with E-state index in [1.54, 1.807) is 11.8 Å². The molecule has 1 aromatic heterocycles. The molecular formula is C13H16ClN3O. The molecule has 0 aliphatic rings. The zero-order valence-electron chi connectivity index (χ0n) is 10.6. The third-order valence-electron chi connectivity index (χ3n) is 2.83. The first-order valence-electron chi connectivity index (χ1n) is 5.66. The number of halogens is 1. The minimum atomic E-state index is -0.0154. The summed E-state index contributed by atoms with van der Waals surface area (Å²) in [7, 11) is 5.43. The van der Waals surface area contributed by atoms with Crippen LogP contribution in [0.3, 0.4) is 0 Å². The van der Waals surface area contributed by atoms with Gasteiger partial charge in [0.05, 0.1) is 18.8 Å². The monoisotopic (exact) mass is 265 g/mol. The Hall–Kier alpha value is -1.52. The third kappa shape index (κ3) is 2.49. The van der Waals surface area contributed by atoms with Crippen LogP contribution in [0.25, 0.3) is 0 Å². The SMILES string of the molecule is CNC(c1ccn(C)n1)c1ccc(Cl)cc1OC. The van der Waals surface area contributed by atoms with Crippen LogP contribution in [-0.4, -0.2) is 23.9 Å². The highest BCUT2D eigenvalue weighted by Gasteiger charge is 2.18. The number of aromatic nitrogens is 2. The standard InChI is InChI=1S/C13H16ClN3O/c1-15-13(11-6-7-17(2)16-11)10-5-4-9(14)8-12(10)18-3/h4-8,13,15H,1-3H3. The molecule has 0 saturated carbocycles. The highest BCUT2D eigenvalue weighted by atomic mass is 35.5. The van der Waals surface area contributed by atoms with Crippen LogP contribution in [0.2, 0.25) is 5.02 Å². The lowest BCUT2D eigenvalue weighted by Gasteiger charge is -2.17. The van der Waals surface area contributed by atoms with Gasteiger partial charge in [0.25, 0.3) is 0 Å². The van der Waals surface area contributed by atoms with Crippen LogP contribution in [0, 0.1) is 0 Å². The zero-order valence-corrected chi connectivity index (χ0v) is 11.4. The number of ether oxygens (including phenoxy) is 1. The van der Waals surface area contributed by atoms with Crippen molar-refractivity contribution >= 4 is 11.6 Å². The molecule has 0 saturated heterocycles. The molecule has 2 rings (SSSR count). The number of nitrogens with one attached hydrogen (secondary N) is 1. The summed E-state index contributed by atoms with van der Waals surface area (Å²) in [5.41, 5.74) is 1.96. The summed E-state index contributed by atoms with van der Waals surface area (Å²) in [4.78, 5) is 0. The second-order valence-electron chi connectivity index (χ2n) is 4.02. The molecule has 1 atom stereocenters. The Kier molecular flexibility index (Phi) is 3.89. The van der Waals surface area contributed by atoms with Crippen molar-refractivity contribution in [3.63, 3.8) is 0 Å². The Labute approximate surface area is 112 Å². The van der Waals surface area contributed by atoms with E-state index in [0.717, 1.165) is 17.0 Å². The van der Waals surface area contributed by atoms with Crippen LogP contribution in [-0.2, 0) is 7.05 Å². The van der Waals surface area contributed by atoms with E-state index < -0.39 is 0 Å². The van der Waals surface area contributed by atoms with Gasteiger partial charge in [-0.25, -0.2) is 0 Å². The average molecular weight is 266 g/mol. The van der Waals surface area contributed by atoms with Crippen molar-refractivity contribution in [2.24, 2.45) is 7.05 Å². The normalized spacial score (nSPS) is 12.4. The Morgan fingerprint density at radius 1 is 1.39 bits per heavy atom. The summed E-state index contributed by atoms with van der Waals surface area (Å²) >= 11 is 5.97. The molecule has 0 aliphatic heterocycles. The molecule has 2 aromatic rings. The molecule has 0 radical (unpaired) electrons. The van der Waals surface area contributed by atoms with Crippen molar-refractivity contribution in [3.05, 3.63) is 46.7 Å². The second-order valence-corrected chi connectivity index (χ2v) is 4.46. The molecule has 0 fully saturated rings. The van der Waals surface area contributed by atoms with E-state index in [1.165, 1.54) is 0 Å². The first-order valence-corrected chi connectivity index (χ1v) is 6.03. The van der Waals surface area contributed by atoms with Gasteiger partial charge in [0.2, 0.25) is 0 Å². The van der Waals surface area contributed by atoms with Crippen LogP contribution >= 0.6 is 11.6 Å². The number of methoxy groups -OCH3 is 1. The first kappa shape index (κ1) is 12.9. The minimum absolute atomic E-state index is 0.0154. The topological polar surface area (TPSA) is 39.1 Å². The van der Waals surface area contributed by atoms with Gasteiger partial charge in [0.1, 0.15) is 5.75 Å². The van der Waals surface area contributed by atoms with Gasteiger partial charge in [0, 0.05) is 23.8 Å². The predicted octanol–water partition coefficient (Wildman–Crippen LogP) is 2.39. The Bertz CT molecular complexity index is 539. The largest absolute Gasteiger partial charge is 0.496 e. The lowest BCUT2D eigenvalue weighted by Crippen LogP contribution is -2.19. The first-order chi connectivity index (χ1) is 8.65. The average Bonchev–Trinajstić information content (AvgIpc) is 2.78. The summed E-state index contributed by atoms with van der Waals surface area (Å²) in [6.07, 6.45) is 1.92. The van der Waals surface area contributed by atoms with E-state index in [1.807, 2.05) is 44.6 Å². The van der Waals surface area contributed by atoms with Gasteiger partial charge in [-0.1, -0.05) is 17.7 Å². The zero-order chi connectivity index (χ0) is 13.1. The summed E-state index contributed by atoms with van der Waals surface area (Å²) in [5.74, 6) is 0.757. The molecule has 0 bridgehead atoms. The molecule has 0 spiro atoms. The number of hydrogen-bond acceptors (Lipinski definition) is 3. The molecular weight excluding hydrogens is 250 g/mol. The van der Waals surface area contributed by atoms with Crippen molar-refractivity contribution < 1.29 is 4.74 Å². The van der Waals surface area contributed by atoms with Gasteiger partial charge in [0.15, 0.2) is 0 Å². The summed E-state index contributed by atoms with van der Waals surface area (Å²) < 4.78 is 7.16. The summed E-state index contributed by atoms with van der Waals surface area (Å²) in [6, 6.07) is 7.58. The van der Waals surface area contributed by atoms with Crippen molar-refractivity contribution in [1.82, 2.24) is 15.1 Å². The fraction of sp³-hybridized carbons (Fsp3) is 0.308. The lowest BCUT2D eigenvalue weighted by atomic mass is 10.0. The van der Waals surface area contributed by atoms with Gasteiger partial charge in [-0.15, -0.1) is 0 Å². The number of rotatable bonds is 4. The van der Waals surface area contributed by atoms with E-state index in [4.69, 9.17) is 16.3 Å². The fourth-order valence-electron chi connectivity index (χ4n) is 1.97. The van der Waals surface area contributed by atoms with E-state index in [0.29, 0.717) is 5.02 Å². The maximum absolute atomic E-state index is 5.97. The molecule has 18 heavy (non-hydrogen) atoms. The molecule has 1 unspecified atom stereocenters. The van der Waals surface area contributed by atoms with Gasteiger partial charge in [-0.05, 0) is 25.2 Å². The van der Waals surface area contributed by atoms with E-state index >= 15 is 0 Å². The van der Waals surface area contributed by atoms with Crippen molar-refractivity contribution in [2.75, 3.05) is 14.2 Å². The molecule has 96 valence electrons. The molecule has 0 aliphatic carbocycles. The molecule has 1 aromatic carbocycles. The molecule has 4 nitrogen and oxygen atoms in total. The van der Waals surface area contributed by atoms with Crippen LogP contribution in [0.5, 0.6) is 5.75 Å². The third-order valence-corrected chi connectivity index (χ3v) is 3.06. The Morgan fingerprint density at radius 3 is 2.72 bits per heavy atom. The number of hydrogen-bond donors (Lipinski definition) is 1. The van der Waals surface area contributed by atoms with Crippen molar-refractivity contribution in [2.45, 2.75) is 6.04 Å². The van der Waals surface area contributed by atoms with Gasteiger partial charge in [-0.3, -0.25) is 4.68 Å². The van der Waals surface area contributed by atoms with E-state index in [2.05, 4.69) is 10.4 Å². The quantitative estimate of drug-likeness (QED) is 0.923. The number of nitrogens with zero attached hydrogens (tertiary/aromatic N) is 2. The molecule has 1 N–H and O–H groups in total. The maximum Gasteiger partial charge on any atom is 0.125 e. The molecule has 0 amide bonds. The Morgan fingerprint density at radius 2 is 2.17 bits per heavy atom. The Balaban J connectivity index is 2.44. The summed E-state index contributed by atoms with van der Waals surface area (Å²) in [5, 5.41) is 8.32. The molecule has 1 heterocycles. The van der Waals surface area contributed by atoms with Crippen LogP contribution in [0.4, 0.5) is 0 Å².